The number of ether oxygens (including phenoxy) is 1. The van der Waals surface area contributed by atoms with Crippen LogP contribution in [0.2, 0.25) is 0 Å². The molecule has 0 aromatic heterocycles. The molecule has 17 heavy (non-hydrogen) atoms. The van der Waals surface area contributed by atoms with Gasteiger partial charge in [0.05, 0.1) is 25.0 Å². The lowest BCUT2D eigenvalue weighted by atomic mass is 9.86. The third kappa shape index (κ3) is 1.87. The van der Waals surface area contributed by atoms with Crippen molar-refractivity contribution in [3.8, 4) is 0 Å². The second-order valence-corrected chi connectivity index (χ2v) is 4.37. The lowest BCUT2D eigenvalue weighted by Gasteiger charge is -2.19. The molecule has 2 fully saturated rings. The van der Waals surface area contributed by atoms with E-state index in [1.54, 1.807) is 6.92 Å². The number of carbonyl (C=O) groups excluding carboxylic acids is 2. The summed E-state index contributed by atoms with van der Waals surface area (Å²) in [4.78, 5) is 35.5. The second-order valence-electron chi connectivity index (χ2n) is 4.37. The van der Waals surface area contributed by atoms with Gasteiger partial charge in [-0.05, 0) is 19.8 Å². The van der Waals surface area contributed by atoms with Crippen LogP contribution >= 0.6 is 0 Å². The van der Waals surface area contributed by atoms with Gasteiger partial charge in [-0.2, -0.15) is 0 Å². The Kier molecular flexibility index (Phi) is 3.04. The van der Waals surface area contributed by atoms with Crippen molar-refractivity contribution < 1.29 is 24.2 Å². The van der Waals surface area contributed by atoms with Gasteiger partial charge in [0.15, 0.2) is 5.78 Å². The van der Waals surface area contributed by atoms with Crippen LogP contribution in [0, 0.1) is 5.92 Å². The average molecular weight is 241 g/mol. The molecule has 2 rings (SSSR count). The molecule has 0 aromatic rings. The van der Waals surface area contributed by atoms with E-state index in [2.05, 4.69) is 0 Å². The maximum absolute atomic E-state index is 11.9. The lowest BCUT2D eigenvalue weighted by molar-refractivity contribution is -0.146. The van der Waals surface area contributed by atoms with Crippen LogP contribution in [-0.2, 0) is 14.3 Å². The molecule has 1 amide bonds. The third-order valence-electron chi connectivity index (χ3n) is 3.50. The Morgan fingerprint density at radius 1 is 1.47 bits per heavy atom. The Morgan fingerprint density at radius 2 is 2.18 bits per heavy atom. The van der Waals surface area contributed by atoms with E-state index in [1.165, 1.54) is 4.90 Å². The van der Waals surface area contributed by atoms with E-state index < -0.39 is 24.0 Å². The first-order valence-electron chi connectivity index (χ1n) is 5.76. The molecule has 0 spiro atoms. The predicted molar refractivity (Wildman–Crippen MR) is 56.4 cm³/mol. The summed E-state index contributed by atoms with van der Waals surface area (Å²) in [6, 6.07) is -0.883. The smallest absolute Gasteiger partial charge is 0.408 e. The van der Waals surface area contributed by atoms with Crippen LogP contribution in [0.4, 0.5) is 4.79 Å². The van der Waals surface area contributed by atoms with Crippen molar-refractivity contribution in [2.45, 2.75) is 38.3 Å². The molecule has 0 aromatic carbocycles. The highest BCUT2D eigenvalue weighted by molar-refractivity contribution is 5.96. The summed E-state index contributed by atoms with van der Waals surface area (Å²) in [6.07, 6.45) is 0.164. The highest BCUT2D eigenvalue weighted by Crippen LogP contribution is 2.40. The number of ketones is 1. The van der Waals surface area contributed by atoms with Crippen LogP contribution in [0.3, 0.4) is 0 Å². The van der Waals surface area contributed by atoms with E-state index in [0.717, 1.165) is 0 Å². The number of nitrogens with zero attached hydrogens (tertiary/aromatic N) is 1. The molecule has 94 valence electrons. The molecule has 0 aliphatic carbocycles. The maximum Gasteiger partial charge on any atom is 0.408 e. The summed E-state index contributed by atoms with van der Waals surface area (Å²) >= 11 is 0. The predicted octanol–water partition coefficient (Wildman–Crippen LogP) is 0.650. The van der Waals surface area contributed by atoms with Gasteiger partial charge in [-0.1, -0.05) is 0 Å². The largest absolute Gasteiger partial charge is 0.466 e. The van der Waals surface area contributed by atoms with Crippen molar-refractivity contribution in [1.29, 1.82) is 0 Å². The first-order chi connectivity index (χ1) is 8.06. The summed E-state index contributed by atoms with van der Waals surface area (Å²) in [5.74, 6) is -1.07. The molecule has 0 unspecified atom stereocenters. The topological polar surface area (TPSA) is 83.9 Å². The van der Waals surface area contributed by atoms with E-state index in [1.807, 2.05) is 0 Å². The van der Waals surface area contributed by atoms with E-state index in [0.29, 0.717) is 12.8 Å². The number of esters is 1. The fraction of sp³-hybridized carbons (Fsp3) is 0.727. The fourth-order valence-corrected chi connectivity index (χ4v) is 2.86. The van der Waals surface area contributed by atoms with E-state index >= 15 is 0 Å². The normalized spacial score (nSPS) is 30.8. The van der Waals surface area contributed by atoms with Gasteiger partial charge in [0, 0.05) is 6.04 Å². The summed E-state index contributed by atoms with van der Waals surface area (Å²) in [6.45, 7) is 1.97. The summed E-state index contributed by atoms with van der Waals surface area (Å²) < 4.78 is 4.80. The minimum Gasteiger partial charge on any atom is -0.466 e. The molecule has 6 nitrogen and oxygen atoms in total. The van der Waals surface area contributed by atoms with Crippen molar-refractivity contribution in [2.24, 2.45) is 5.92 Å². The molecular weight excluding hydrogens is 226 g/mol. The van der Waals surface area contributed by atoms with Crippen LogP contribution in [0.25, 0.3) is 0 Å². The minimum absolute atomic E-state index is 0.00236. The molecule has 0 saturated carbocycles. The van der Waals surface area contributed by atoms with Crippen molar-refractivity contribution in [3.63, 3.8) is 0 Å². The highest BCUT2D eigenvalue weighted by Gasteiger charge is 2.55. The van der Waals surface area contributed by atoms with Gasteiger partial charge in [0.1, 0.15) is 0 Å². The average Bonchev–Trinajstić information content (AvgIpc) is 2.77. The van der Waals surface area contributed by atoms with Gasteiger partial charge in [0.2, 0.25) is 0 Å². The third-order valence-corrected chi connectivity index (χ3v) is 3.50. The Balaban J connectivity index is 2.08. The minimum atomic E-state index is -1.07. The number of carbonyl (C=O) groups is 3. The van der Waals surface area contributed by atoms with Gasteiger partial charge in [-0.3, -0.25) is 14.5 Å². The number of hydrogen-bond donors (Lipinski definition) is 1. The quantitative estimate of drug-likeness (QED) is 0.733. The fourth-order valence-electron chi connectivity index (χ4n) is 2.86. The molecule has 6 heteroatoms. The molecule has 2 heterocycles. The van der Waals surface area contributed by atoms with Gasteiger partial charge < -0.3 is 9.84 Å². The molecule has 0 radical (unpaired) electrons. The standard InChI is InChI=1S/C11H15NO5/c1-2-17-9(13)5-6-7-3-4-8(10(6)14)12(7)11(15)16/h6-8H,2-5H2,1H3,(H,15,16)/t6-,7+,8-/m0/s1. The maximum atomic E-state index is 11.9. The van der Waals surface area contributed by atoms with Crippen molar-refractivity contribution in [2.75, 3.05) is 6.61 Å². The molecule has 1 N–H and O–H groups in total. The zero-order valence-corrected chi connectivity index (χ0v) is 9.59. The Morgan fingerprint density at radius 3 is 2.71 bits per heavy atom. The molecule has 2 aliphatic rings. The lowest BCUT2D eigenvalue weighted by Crippen LogP contribution is -2.35. The summed E-state index contributed by atoms with van der Waals surface area (Å²) in [7, 11) is 0. The summed E-state index contributed by atoms with van der Waals surface area (Å²) in [5.41, 5.74) is 0. The van der Waals surface area contributed by atoms with Crippen LogP contribution in [0.5, 0.6) is 0 Å². The number of fused-ring (bicyclic) bond motifs is 2. The van der Waals surface area contributed by atoms with Crippen molar-refractivity contribution in [3.05, 3.63) is 0 Å². The molecule has 2 bridgehead atoms. The van der Waals surface area contributed by atoms with E-state index in [9.17, 15) is 14.4 Å². The Hall–Kier alpha value is -1.59. The number of Topliss-reactive ketones (excluding diaryl/α,β-unsaturated/α-hetero) is 1. The van der Waals surface area contributed by atoms with Gasteiger partial charge in [-0.25, -0.2) is 4.79 Å². The zero-order valence-electron chi connectivity index (χ0n) is 9.59. The first kappa shape index (κ1) is 11.9. The van der Waals surface area contributed by atoms with Crippen LogP contribution < -0.4 is 0 Å². The highest BCUT2D eigenvalue weighted by atomic mass is 16.5. The van der Waals surface area contributed by atoms with E-state index in [4.69, 9.17) is 9.84 Å². The van der Waals surface area contributed by atoms with Crippen LogP contribution in [0.15, 0.2) is 0 Å². The number of hydrogen-bond acceptors (Lipinski definition) is 4. The first-order valence-corrected chi connectivity index (χ1v) is 5.76. The Labute approximate surface area is 98.5 Å². The molecule has 3 atom stereocenters. The summed E-state index contributed by atoms with van der Waals surface area (Å²) in [5, 5.41) is 9.02. The molecule has 2 saturated heterocycles. The monoisotopic (exact) mass is 241 g/mol. The van der Waals surface area contributed by atoms with Gasteiger partial charge >= 0.3 is 12.1 Å². The SMILES string of the molecule is CCOC(=O)C[C@@H]1C(=O)[C@@H]2CC[C@H]1N2C(=O)O. The van der Waals surface area contributed by atoms with Crippen LogP contribution in [-0.4, -0.2) is 46.5 Å². The van der Waals surface area contributed by atoms with Crippen LogP contribution in [0.1, 0.15) is 26.2 Å². The van der Waals surface area contributed by atoms with Crippen molar-refractivity contribution in [1.82, 2.24) is 4.90 Å². The molecular formula is C11H15NO5. The second kappa shape index (κ2) is 4.35. The van der Waals surface area contributed by atoms with E-state index in [-0.39, 0.29) is 24.9 Å². The van der Waals surface area contributed by atoms with Gasteiger partial charge in [0.25, 0.3) is 0 Å². The zero-order chi connectivity index (χ0) is 12.6. The molecule has 2 aliphatic heterocycles. The van der Waals surface area contributed by atoms with Crippen molar-refractivity contribution >= 4 is 17.8 Å². The van der Waals surface area contributed by atoms with Gasteiger partial charge in [-0.15, -0.1) is 0 Å². The number of amides is 1. The number of rotatable bonds is 3. The number of carboxylic acid groups (broad SMARTS) is 1. The Bertz CT molecular complexity index is 367.